The predicted octanol–water partition coefficient (Wildman–Crippen LogP) is 4.46. The number of nitrogens with zero attached hydrogens (tertiary/aromatic N) is 1. The van der Waals surface area contributed by atoms with E-state index >= 15 is 0 Å². The highest BCUT2D eigenvalue weighted by Crippen LogP contribution is 2.24. The smallest absolute Gasteiger partial charge is 0.107 e. The summed E-state index contributed by atoms with van der Waals surface area (Å²) in [6, 6.07) is 0. The van der Waals surface area contributed by atoms with Crippen LogP contribution in [-0.2, 0) is 12.0 Å². The zero-order chi connectivity index (χ0) is 14.6. The largest absolute Gasteiger partial charge is 0.310 e. The van der Waals surface area contributed by atoms with E-state index < -0.39 is 0 Å². The molecule has 0 bridgehead atoms. The second-order valence-electron chi connectivity index (χ2n) is 7.16. The number of aromatic nitrogens is 1. The highest BCUT2D eigenvalue weighted by atomic mass is 32.1. The van der Waals surface area contributed by atoms with Crippen LogP contribution in [0.1, 0.15) is 59.2 Å². The van der Waals surface area contributed by atoms with Crippen LogP contribution in [0.3, 0.4) is 0 Å². The molecule has 0 aromatic carbocycles. The lowest BCUT2D eigenvalue weighted by Crippen LogP contribution is -2.29. The monoisotopic (exact) mass is 282 g/mol. The molecule has 0 radical (unpaired) electrons. The van der Waals surface area contributed by atoms with Gasteiger partial charge in [-0.15, -0.1) is 11.3 Å². The van der Waals surface area contributed by atoms with Crippen molar-refractivity contribution in [1.82, 2.24) is 10.3 Å². The van der Waals surface area contributed by atoms with Gasteiger partial charge in [0.2, 0.25) is 0 Å². The average Bonchev–Trinajstić information content (AvgIpc) is 2.71. The minimum atomic E-state index is 0.160. The van der Waals surface area contributed by atoms with Gasteiger partial charge in [0.15, 0.2) is 0 Å². The van der Waals surface area contributed by atoms with Crippen LogP contribution >= 0.6 is 11.3 Å². The molecule has 0 amide bonds. The van der Waals surface area contributed by atoms with E-state index in [1.165, 1.54) is 10.7 Å². The summed E-state index contributed by atoms with van der Waals surface area (Å²) in [5.41, 5.74) is 1.37. The number of hydrogen-bond acceptors (Lipinski definition) is 3. The van der Waals surface area contributed by atoms with Crippen LogP contribution in [0.4, 0.5) is 0 Å². The number of hydrogen-bond donors (Lipinski definition) is 1. The first kappa shape index (κ1) is 16.6. The quantitative estimate of drug-likeness (QED) is 0.833. The molecule has 1 N–H and O–H groups in total. The van der Waals surface area contributed by atoms with Crippen LogP contribution in [0.2, 0.25) is 0 Å². The topological polar surface area (TPSA) is 24.9 Å². The lowest BCUT2D eigenvalue weighted by Gasteiger charge is -2.25. The Kier molecular flexibility index (Phi) is 6.00. The molecule has 1 rings (SSSR count). The Morgan fingerprint density at radius 3 is 2.16 bits per heavy atom. The van der Waals surface area contributed by atoms with Gasteiger partial charge < -0.3 is 5.32 Å². The summed E-state index contributed by atoms with van der Waals surface area (Å²) < 4.78 is 0. The van der Waals surface area contributed by atoms with Crippen LogP contribution < -0.4 is 5.32 Å². The van der Waals surface area contributed by atoms with Crippen LogP contribution in [0.15, 0.2) is 5.38 Å². The zero-order valence-electron chi connectivity index (χ0n) is 13.6. The summed E-state index contributed by atoms with van der Waals surface area (Å²) in [6.07, 6.45) is 0. The maximum atomic E-state index is 4.72. The zero-order valence-corrected chi connectivity index (χ0v) is 14.4. The van der Waals surface area contributed by atoms with E-state index in [-0.39, 0.29) is 5.41 Å². The molecule has 0 fully saturated rings. The Labute approximate surface area is 123 Å². The van der Waals surface area contributed by atoms with E-state index in [1.54, 1.807) is 11.3 Å². The fourth-order valence-electron chi connectivity index (χ4n) is 2.32. The van der Waals surface area contributed by atoms with E-state index in [0.717, 1.165) is 30.8 Å². The Balaban J connectivity index is 2.47. The summed E-state index contributed by atoms with van der Waals surface area (Å²) in [4.78, 5) is 4.72. The lowest BCUT2D eigenvalue weighted by molar-refractivity contribution is 0.275. The minimum absolute atomic E-state index is 0.160. The summed E-state index contributed by atoms with van der Waals surface area (Å²) in [6.45, 7) is 17.9. The fraction of sp³-hybridized carbons (Fsp3) is 0.812. The summed E-state index contributed by atoms with van der Waals surface area (Å²) in [5.74, 6) is 2.20. The molecule has 0 saturated carbocycles. The molecule has 3 heteroatoms. The first-order valence-corrected chi connectivity index (χ1v) is 8.25. The van der Waals surface area contributed by atoms with Gasteiger partial charge in [-0.25, -0.2) is 4.98 Å². The second-order valence-corrected chi connectivity index (χ2v) is 8.10. The van der Waals surface area contributed by atoms with Crippen molar-refractivity contribution in [1.29, 1.82) is 0 Å². The fourth-order valence-corrected chi connectivity index (χ4v) is 3.31. The molecule has 0 aliphatic carbocycles. The summed E-state index contributed by atoms with van der Waals surface area (Å²) in [5, 5.41) is 6.98. The summed E-state index contributed by atoms with van der Waals surface area (Å²) in [7, 11) is 0. The van der Waals surface area contributed by atoms with Crippen molar-refractivity contribution in [3.63, 3.8) is 0 Å². The first-order valence-electron chi connectivity index (χ1n) is 7.37. The van der Waals surface area contributed by atoms with Gasteiger partial charge >= 0.3 is 0 Å². The van der Waals surface area contributed by atoms with Crippen molar-refractivity contribution >= 4 is 11.3 Å². The number of thiazole rings is 1. The van der Waals surface area contributed by atoms with Gasteiger partial charge in [0.1, 0.15) is 5.01 Å². The normalized spacial score (nSPS) is 12.9. The van der Waals surface area contributed by atoms with Crippen LogP contribution in [0.5, 0.6) is 0 Å². The Hall–Kier alpha value is -0.410. The third-order valence-electron chi connectivity index (χ3n) is 3.69. The first-order chi connectivity index (χ1) is 8.71. The third-order valence-corrected chi connectivity index (χ3v) is 4.54. The van der Waals surface area contributed by atoms with E-state index in [0.29, 0.717) is 0 Å². The third kappa shape index (κ3) is 5.23. The molecule has 1 aromatic heterocycles. The van der Waals surface area contributed by atoms with Gasteiger partial charge in [-0.3, -0.25) is 0 Å². The van der Waals surface area contributed by atoms with Crippen LogP contribution in [-0.4, -0.2) is 11.5 Å². The van der Waals surface area contributed by atoms with Gasteiger partial charge in [-0.2, -0.15) is 0 Å². The van der Waals surface area contributed by atoms with Crippen molar-refractivity contribution in [3.05, 3.63) is 16.1 Å². The Morgan fingerprint density at radius 2 is 1.74 bits per heavy atom. The standard InChI is InChI=1S/C16H30N2S/c1-11(2)13(12(3)4)8-17-9-15-18-14(10-19-15)16(5,6)7/h10-13,17H,8-9H2,1-7H3. The van der Waals surface area contributed by atoms with E-state index in [9.17, 15) is 0 Å². The molecule has 110 valence electrons. The van der Waals surface area contributed by atoms with Crippen LogP contribution in [0.25, 0.3) is 0 Å². The van der Waals surface area contributed by atoms with Crippen molar-refractivity contribution in [2.45, 2.75) is 60.4 Å². The van der Waals surface area contributed by atoms with Gasteiger partial charge in [-0.05, 0) is 24.3 Å². The second kappa shape index (κ2) is 6.85. The molecular weight excluding hydrogens is 252 g/mol. The number of nitrogens with one attached hydrogen (secondary N) is 1. The molecular formula is C16H30N2S. The average molecular weight is 282 g/mol. The number of rotatable bonds is 6. The SMILES string of the molecule is CC(C)C(CNCc1nc(C(C)(C)C)cs1)C(C)C. The lowest BCUT2D eigenvalue weighted by atomic mass is 9.85. The van der Waals surface area contributed by atoms with Crippen molar-refractivity contribution in [2.24, 2.45) is 17.8 Å². The Bertz CT molecular complexity index is 366. The maximum absolute atomic E-state index is 4.72. The molecule has 0 aliphatic rings. The molecule has 19 heavy (non-hydrogen) atoms. The molecule has 0 atom stereocenters. The molecule has 0 aliphatic heterocycles. The van der Waals surface area contributed by atoms with E-state index in [1.807, 2.05) is 0 Å². The van der Waals surface area contributed by atoms with Gasteiger partial charge in [0, 0.05) is 17.3 Å². The maximum Gasteiger partial charge on any atom is 0.107 e. The summed E-state index contributed by atoms with van der Waals surface area (Å²) >= 11 is 1.77. The molecule has 0 spiro atoms. The molecule has 0 saturated heterocycles. The van der Waals surface area contributed by atoms with Gasteiger partial charge in [0.25, 0.3) is 0 Å². The van der Waals surface area contributed by atoms with Crippen molar-refractivity contribution in [2.75, 3.05) is 6.54 Å². The highest BCUT2D eigenvalue weighted by molar-refractivity contribution is 7.09. The van der Waals surface area contributed by atoms with Gasteiger partial charge in [0.05, 0.1) is 5.69 Å². The molecule has 1 aromatic rings. The van der Waals surface area contributed by atoms with E-state index in [4.69, 9.17) is 4.98 Å². The van der Waals surface area contributed by atoms with Crippen molar-refractivity contribution < 1.29 is 0 Å². The van der Waals surface area contributed by atoms with E-state index in [2.05, 4.69) is 59.2 Å². The highest BCUT2D eigenvalue weighted by Gasteiger charge is 2.19. The van der Waals surface area contributed by atoms with Crippen molar-refractivity contribution in [3.8, 4) is 0 Å². The minimum Gasteiger partial charge on any atom is -0.310 e. The molecule has 1 heterocycles. The predicted molar refractivity (Wildman–Crippen MR) is 85.7 cm³/mol. The van der Waals surface area contributed by atoms with Crippen LogP contribution in [0, 0.1) is 17.8 Å². The molecule has 2 nitrogen and oxygen atoms in total. The molecule has 0 unspecified atom stereocenters. The Morgan fingerprint density at radius 1 is 1.16 bits per heavy atom. The van der Waals surface area contributed by atoms with Gasteiger partial charge in [-0.1, -0.05) is 48.5 Å².